The summed E-state index contributed by atoms with van der Waals surface area (Å²) in [4.78, 5) is 1.44. The first kappa shape index (κ1) is 14.2. The first-order valence-electron chi connectivity index (χ1n) is 5.47. The van der Waals surface area contributed by atoms with E-state index < -0.39 is 0 Å². The fourth-order valence-corrected chi connectivity index (χ4v) is 3.32. The summed E-state index contributed by atoms with van der Waals surface area (Å²) < 4.78 is 6.23. The van der Waals surface area contributed by atoms with Crippen molar-refractivity contribution in [2.75, 3.05) is 26.8 Å². The average Bonchev–Trinajstić information content (AvgIpc) is 2.58. The summed E-state index contributed by atoms with van der Waals surface area (Å²) in [6.07, 6.45) is 1.11. The van der Waals surface area contributed by atoms with E-state index in [1.54, 1.807) is 7.11 Å². The number of rotatable bonds is 7. The minimum atomic E-state index is 0.290. The first-order valence-corrected chi connectivity index (χ1v) is 7.08. The van der Waals surface area contributed by atoms with Gasteiger partial charge < -0.3 is 10.1 Å². The highest BCUT2D eigenvalue weighted by molar-refractivity contribution is 9.11. The van der Waals surface area contributed by atoms with Crippen LogP contribution in [-0.2, 0) is 11.2 Å². The van der Waals surface area contributed by atoms with E-state index in [1.165, 1.54) is 8.66 Å². The lowest BCUT2D eigenvalue weighted by atomic mass is 9.88. The zero-order valence-electron chi connectivity index (χ0n) is 10.2. The molecule has 0 saturated carbocycles. The van der Waals surface area contributed by atoms with Gasteiger partial charge in [0.25, 0.3) is 0 Å². The van der Waals surface area contributed by atoms with Crippen LogP contribution in [0, 0.1) is 5.41 Å². The maximum Gasteiger partial charge on any atom is 0.0701 e. The molecule has 2 nitrogen and oxygen atoms in total. The largest absolute Gasteiger partial charge is 0.383 e. The minimum Gasteiger partial charge on any atom is -0.383 e. The Balaban J connectivity index is 2.33. The lowest BCUT2D eigenvalue weighted by molar-refractivity contribution is 0.194. The number of halogens is 1. The van der Waals surface area contributed by atoms with Gasteiger partial charge in [0.1, 0.15) is 0 Å². The molecule has 1 N–H and O–H groups in total. The van der Waals surface area contributed by atoms with Crippen molar-refractivity contribution in [2.24, 2.45) is 5.41 Å². The molecule has 0 saturated heterocycles. The second kappa shape index (κ2) is 6.74. The highest BCUT2D eigenvalue weighted by Gasteiger charge is 2.18. The average molecular weight is 306 g/mol. The SMILES string of the molecule is COCCNCC(C)(C)Cc1ccc(Br)s1. The van der Waals surface area contributed by atoms with Crippen LogP contribution in [-0.4, -0.2) is 26.8 Å². The van der Waals surface area contributed by atoms with E-state index in [9.17, 15) is 0 Å². The summed E-state index contributed by atoms with van der Waals surface area (Å²) in [5.74, 6) is 0. The van der Waals surface area contributed by atoms with Crippen LogP contribution in [0.1, 0.15) is 18.7 Å². The highest BCUT2D eigenvalue weighted by Crippen LogP contribution is 2.28. The summed E-state index contributed by atoms with van der Waals surface area (Å²) in [5.41, 5.74) is 0.290. The van der Waals surface area contributed by atoms with Gasteiger partial charge in [-0.2, -0.15) is 0 Å². The molecule has 0 amide bonds. The standard InChI is InChI=1S/C12H20BrNOS/c1-12(2,9-14-6-7-15-3)8-10-4-5-11(13)16-10/h4-5,14H,6-9H2,1-3H3. The van der Waals surface area contributed by atoms with Crippen molar-refractivity contribution in [3.05, 3.63) is 20.8 Å². The van der Waals surface area contributed by atoms with E-state index in [0.717, 1.165) is 26.1 Å². The molecule has 0 unspecified atom stereocenters. The summed E-state index contributed by atoms with van der Waals surface area (Å²) in [5, 5.41) is 3.42. The summed E-state index contributed by atoms with van der Waals surface area (Å²) in [7, 11) is 1.73. The summed E-state index contributed by atoms with van der Waals surface area (Å²) in [6, 6.07) is 4.32. The predicted molar refractivity (Wildman–Crippen MR) is 74.2 cm³/mol. The molecule has 1 aromatic rings. The van der Waals surface area contributed by atoms with Crippen molar-refractivity contribution in [1.29, 1.82) is 0 Å². The maximum absolute atomic E-state index is 5.01. The fraction of sp³-hybridized carbons (Fsp3) is 0.667. The Kier molecular flexibility index (Phi) is 5.97. The van der Waals surface area contributed by atoms with Crippen LogP contribution in [0.2, 0.25) is 0 Å². The van der Waals surface area contributed by atoms with Crippen molar-refractivity contribution in [3.8, 4) is 0 Å². The Morgan fingerprint density at radius 3 is 2.75 bits per heavy atom. The van der Waals surface area contributed by atoms with Crippen molar-refractivity contribution < 1.29 is 4.74 Å². The van der Waals surface area contributed by atoms with Crippen LogP contribution in [0.5, 0.6) is 0 Å². The van der Waals surface area contributed by atoms with Crippen molar-refractivity contribution >= 4 is 27.3 Å². The zero-order valence-corrected chi connectivity index (χ0v) is 12.6. The smallest absolute Gasteiger partial charge is 0.0701 e. The van der Waals surface area contributed by atoms with Crippen LogP contribution in [0.25, 0.3) is 0 Å². The molecule has 0 bridgehead atoms. The van der Waals surface area contributed by atoms with E-state index in [1.807, 2.05) is 11.3 Å². The van der Waals surface area contributed by atoms with Gasteiger partial charge >= 0.3 is 0 Å². The molecule has 0 radical (unpaired) electrons. The zero-order chi connectivity index (χ0) is 12.0. The lowest BCUT2D eigenvalue weighted by Gasteiger charge is -2.24. The molecule has 16 heavy (non-hydrogen) atoms. The van der Waals surface area contributed by atoms with E-state index in [0.29, 0.717) is 0 Å². The second-order valence-corrected chi connectivity index (χ2v) is 7.26. The molecule has 1 aromatic heterocycles. The van der Waals surface area contributed by atoms with E-state index >= 15 is 0 Å². The van der Waals surface area contributed by atoms with Gasteiger partial charge in [-0.05, 0) is 39.9 Å². The van der Waals surface area contributed by atoms with Crippen LogP contribution in [0.3, 0.4) is 0 Å². The van der Waals surface area contributed by atoms with Gasteiger partial charge in [-0.3, -0.25) is 0 Å². The number of hydrogen-bond acceptors (Lipinski definition) is 3. The molecule has 0 aliphatic rings. The molecular weight excluding hydrogens is 286 g/mol. The van der Waals surface area contributed by atoms with Crippen LogP contribution in [0.4, 0.5) is 0 Å². The molecule has 0 aromatic carbocycles. The van der Waals surface area contributed by atoms with Gasteiger partial charge in [0, 0.05) is 25.1 Å². The highest BCUT2D eigenvalue weighted by atomic mass is 79.9. The molecule has 0 aliphatic heterocycles. The third-order valence-corrected chi connectivity index (χ3v) is 3.99. The third kappa shape index (κ3) is 5.43. The summed E-state index contributed by atoms with van der Waals surface area (Å²) in [6.45, 7) is 7.31. The van der Waals surface area contributed by atoms with Crippen LogP contribution < -0.4 is 5.32 Å². The number of nitrogens with one attached hydrogen (secondary N) is 1. The van der Waals surface area contributed by atoms with Gasteiger partial charge in [0.15, 0.2) is 0 Å². The van der Waals surface area contributed by atoms with Gasteiger partial charge in [-0.1, -0.05) is 13.8 Å². The quantitative estimate of drug-likeness (QED) is 0.780. The topological polar surface area (TPSA) is 21.3 Å². The van der Waals surface area contributed by atoms with Gasteiger partial charge in [0.05, 0.1) is 10.4 Å². The normalized spacial score (nSPS) is 12.0. The molecule has 0 spiro atoms. The van der Waals surface area contributed by atoms with Gasteiger partial charge in [0.2, 0.25) is 0 Å². The van der Waals surface area contributed by atoms with Crippen molar-refractivity contribution in [3.63, 3.8) is 0 Å². The first-order chi connectivity index (χ1) is 7.53. The monoisotopic (exact) mass is 305 g/mol. The lowest BCUT2D eigenvalue weighted by Crippen LogP contribution is -2.32. The van der Waals surface area contributed by atoms with Crippen LogP contribution >= 0.6 is 27.3 Å². The molecular formula is C12H20BrNOS. The number of methoxy groups -OCH3 is 1. The van der Waals surface area contributed by atoms with Crippen molar-refractivity contribution in [2.45, 2.75) is 20.3 Å². The summed E-state index contributed by atoms with van der Waals surface area (Å²) >= 11 is 5.32. The molecule has 92 valence electrons. The van der Waals surface area contributed by atoms with E-state index in [-0.39, 0.29) is 5.41 Å². The molecule has 0 fully saturated rings. The molecule has 4 heteroatoms. The minimum absolute atomic E-state index is 0.290. The molecule has 1 heterocycles. The number of thiophene rings is 1. The number of hydrogen-bond donors (Lipinski definition) is 1. The molecule has 0 aliphatic carbocycles. The second-order valence-electron chi connectivity index (χ2n) is 4.72. The molecule has 1 rings (SSSR count). The third-order valence-electron chi connectivity index (χ3n) is 2.37. The molecule has 0 atom stereocenters. The Labute approximate surface area is 111 Å². The van der Waals surface area contributed by atoms with Gasteiger partial charge in [-0.25, -0.2) is 0 Å². The Bertz CT molecular complexity index is 312. The van der Waals surface area contributed by atoms with Crippen molar-refractivity contribution in [1.82, 2.24) is 5.32 Å². The van der Waals surface area contributed by atoms with Gasteiger partial charge in [-0.15, -0.1) is 11.3 Å². The predicted octanol–water partition coefficient (Wildman–Crippen LogP) is 3.32. The Morgan fingerprint density at radius 2 is 2.19 bits per heavy atom. The van der Waals surface area contributed by atoms with E-state index in [4.69, 9.17) is 4.74 Å². The van der Waals surface area contributed by atoms with Crippen LogP contribution in [0.15, 0.2) is 15.9 Å². The fourth-order valence-electron chi connectivity index (χ4n) is 1.58. The Hall–Kier alpha value is 0.1000. The Morgan fingerprint density at radius 1 is 1.44 bits per heavy atom. The van der Waals surface area contributed by atoms with E-state index in [2.05, 4.69) is 47.2 Å². The number of ether oxygens (including phenoxy) is 1. The maximum atomic E-state index is 5.01.